The molecule has 1 amide bonds. The maximum atomic E-state index is 11.9. The molecule has 2 heterocycles. The van der Waals surface area contributed by atoms with Crippen LogP contribution in [0.25, 0.3) is 0 Å². The van der Waals surface area contributed by atoms with Gasteiger partial charge in [0.1, 0.15) is 12.4 Å². The fourth-order valence-electron chi connectivity index (χ4n) is 2.54. The normalized spacial score (nSPS) is 18.2. The molecule has 132 valence electrons. The van der Waals surface area contributed by atoms with Crippen LogP contribution in [-0.4, -0.2) is 20.1 Å². The van der Waals surface area contributed by atoms with Gasteiger partial charge in [0.25, 0.3) is 0 Å². The average molecular weight is 377 g/mol. The van der Waals surface area contributed by atoms with Crippen LogP contribution in [0.2, 0.25) is 0 Å². The molecule has 1 aromatic carbocycles. The lowest BCUT2D eigenvalue weighted by Gasteiger charge is -2.07. The van der Waals surface area contributed by atoms with Gasteiger partial charge in [-0.3, -0.25) is 4.79 Å². The van der Waals surface area contributed by atoms with Crippen molar-refractivity contribution in [2.75, 3.05) is 5.75 Å². The fraction of sp³-hybridized carbons (Fsp3) is 0.278. The summed E-state index contributed by atoms with van der Waals surface area (Å²) in [6.07, 6.45) is 1.80. The minimum atomic E-state index is -3.11. The first-order chi connectivity index (χ1) is 12.0. The van der Waals surface area contributed by atoms with E-state index >= 15 is 0 Å². The monoisotopic (exact) mass is 377 g/mol. The minimum absolute atomic E-state index is 0.0282. The molecule has 0 unspecified atom stereocenters. The first kappa shape index (κ1) is 17.7. The fourth-order valence-corrected chi connectivity index (χ4v) is 4.75. The van der Waals surface area contributed by atoms with Crippen molar-refractivity contribution < 1.29 is 17.9 Å². The predicted octanol–water partition coefficient (Wildman–Crippen LogP) is 2.89. The molecule has 7 heteroatoms. The van der Waals surface area contributed by atoms with Gasteiger partial charge in [0, 0.05) is 28.2 Å². The highest BCUT2D eigenvalue weighted by Crippen LogP contribution is 2.19. The summed E-state index contributed by atoms with van der Waals surface area (Å²) in [6.45, 7) is 0.928. The first-order valence-corrected chi connectivity index (χ1v) is 10.5. The molecule has 25 heavy (non-hydrogen) atoms. The van der Waals surface area contributed by atoms with E-state index in [9.17, 15) is 13.2 Å². The Labute approximate surface area is 151 Å². The van der Waals surface area contributed by atoms with Crippen molar-refractivity contribution in [3.63, 3.8) is 0 Å². The van der Waals surface area contributed by atoms with E-state index in [0.29, 0.717) is 13.2 Å². The van der Waals surface area contributed by atoms with Gasteiger partial charge >= 0.3 is 0 Å². The second kappa shape index (κ2) is 7.84. The highest BCUT2D eigenvalue weighted by molar-refractivity contribution is 7.94. The maximum absolute atomic E-state index is 11.9. The van der Waals surface area contributed by atoms with Gasteiger partial charge in [-0.25, -0.2) is 8.42 Å². The molecule has 0 spiro atoms. The van der Waals surface area contributed by atoms with E-state index in [2.05, 4.69) is 5.32 Å². The van der Waals surface area contributed by atoms with Crippen LogP contribution in [0, 0.1) is 5.92 Å². The number of hydrogen-bond acceptors (Lipinski definition) is 5. The number of allylic oxidation sites excluding steroid dienone is 1. The highest BCUT2D eigenvalue weighted by Gasteiger charge is 2.23. The largest absolute Gasteiger partial charge is 0.489 e. The number of nitrogens with one attached hydrogen (secondary N) is 1. The molecule has 1 atom stereocenters. The van der Waals surface area contributed by atoms with Gasteiger partial charge in [0.15, 0.2) is 9.84 Å². The van der Waals surface area contributed by atoms with Crippen molar-refractivity contribution in [1.82, 2.24) is 5.32 Å². The van der Waals surface area contributed by atoms with E-state index in [0.717, 1.165) is 16.2 Å². The van der Waals surface area contributed by atoms with Crippen molar-refractivity contribution in [2.24, 2.45) is 5.92 Å². The molecule has 0 aliphatic carbocycles. The van der Waals surface area contributed by atoms with Gasteiger partial charge in [-0.1, -0.05) is 24.3 Å². The number of amides is 1. The molecular weight excluding hydrogens is 358 g/mol. The molecule has 0 bridgehead atoms. The van der Waals surface area contributed by atoms with Crippen molar-refractivity contribution >= 4 is 27.1 Å². The Hall–Kier alpha value is -2.12. The molecule has 0 radical (unpaired) electrons. The standard InChI is InChI=1S/C18H19NO4S2/c20-18(9-14-6-7-25(21,22)13-14)19-10-17-8-15(12-24-17)11-23-16-4-2-1-3-5-16/h1-8,12,14H,9-11,13H2,(H,19,20)/t14-/m1/s1. The van der Waals surface area contributed by atoms with Crippen LogP contribution in [-0.2, 0) is 27.8 Å². The van der Waals surface area contributed by atoms with Crippen molar-refractivity contribution in [2.45, 2.75) is 19.6 Å². The van der Waals surface area contributed by atoms with Gasteiger partial charge < -0.3 is 10.1 Å². The molecule has 1 aliphatic heterocycles. The molecule has 1 N–H and O–H groups in total. The van der Waals surface area contributed by atoms with Gasteiger partial charge in [-0.05, 0) is 23.6 Å². The SMILES string of the molecule is O=C(C[C@H]1C=CS(=O)(=O)C1)NCc1cc(COc2ccccc2)cs1. The van der Waals surface area contributed by atoms with Crippen LogP contribution in [0.4, 0.5) is 0 Å². The number of rotatable bonds is 7. The van der Waals surface area contributed by atoms with Crippen LogP contribution < -0.4 is 10.1 Å². The zero-order valence-electron chi connectivity index (χ0n) is 13.6. The Morgan fingerprint density at radius 3 is 2.80 bits per heavy atom. The van der Waals surface area contributed by atoms with Gasteiger partial charge in [0.2, 0.25) is 5.91 Å². The number of benzene rings is 1. The number of carbonyl (C=O) groups excluding carboxylic acids is 1. The summed E-state index contributed by atoms with van der Waals surface area (Å²) in [7, 11) is -3.11. The first-order valence-electron chi connectivity index (χ1n) is 7.92. The molecule has 5 nitrogen and oxygen atoms in total. The quantitative estimate of drug-likeness (QED) is 0.805. The second-order valence-electron chi connectivity index (χ2n) is 5.92. The van der Waals surface area contributed by atoms with E-state index in [1.165, 1.54) is 5.41 Å². The topological polar surface area (TPSA) is 72.5 Å². The number of thiophene rings is 1. The molecule has 0 fully saturated rings. The third kappa shape index (κ3) is 5.44. The Balaban J connectivity index is 1.42. The van der Waals surface area contributed by atoms with E-state index in [-0.39, 0.29) is 24.0 Å². The summed E-state index contributed by atoms with van der Waals surface area (Å²) in [5.41, 5.74) is 1.06. The van der Waals surface area contributed by atoms with Crippen molar-refractivity contribution in [1.29, 1.82) is 0 Å². The maximum Gasteiger partial charge on any atom is 0.220 e. The lowest BCUT2D eigenvalue weighted by molar-refractivity contribution is -0.121. The third-order valence-corrected chi connectivity index (χ3v) is 6.22. The second-order valence-corrected chi connectivity index (χ2v) is 8.85. The van der Waals surface area contributed by atoms with E-state index < -0.39 is 9.84 Å². The smallest absolute Gasteiger partial charge is 0.220 e. The lowest BCUT2D eigenvalue weighted by Crippen LogP contribution is -2.25. The Kier molecular flexibility index (Phi) is 5.55. The Morgan fingerprint density at radius 1 is 1.28 bits per heavy atom. The minimum Gasteiger partial charge on any atom is -0.489 e. The van der Waals surface area contributed by atoms with Crippen LogP contribution in [0.1, 0.15) is 16.9 Å². The van der Waals surface area contributed by atoms with E-state index in [1.54, 1.807) is 17.4 Å². The number of hydrogen-bond donors (Lipinski definition) is 1. The summed E-state index contributed by atoms with van der Waals surface area (Å²) in [4.78, 5) is 13.0. The highest BCUT2D eigenvalue weighted by atomic mass is 32.2. The lowest BCUT2D eigenvalue weighted by atomic mass is 10.1. The van der Waals surface area contributed by atoms with Crippen LogP contribution in [0.5, 0.6) is 5.75 Å². The van der Waals surface area contributed by atoms with Crippen LogP contribution in [0.3, 0.4) is 0 Å². The van der Waals surface area contributed by atoms with Crippen molar-refractivity contribution in [3.05, 3.63) is 63.7 Å². The molecule has 0 saturated carbocycles. The summed E-state index contributed by atoms with van der Waals surface area (Å²) in [5.74, 6) is 0.494. The zero-order chi connectivity index (χ0) is 17.7. The van der Waals surface area contributed by atoms with E-state index in [4.69, 9.17) is 4.74 Å². The molecule has 1 aromatic heterocycles. The summed E-state index contributed by atoms with van der Waals surface area (Å²) in [6, 6.07) is 11.6. The number of carbonyl (C=O) groups is 1. The summed E-state index contributed by atoms with van der Waals surface area (Å²) in [5, 5.41) is 6.05. The van der Waals surface area contributed by atoms with Crippen LogP contribution in [0.15, 0.2) is 53.3 Å². The van der Waals surface area contributed by atoms with Crippen molar-refractivity contribution in [3.8, 4) is 5.75 Å². The summed E-state index contributed by atoms with van der Waals surface area (Å²) >= 11 is 1.56. The van der Waals surface area contributed by atoms with E-state index in [1.807, 2.05) is 41.8 Å². The summed E-state index contributed by atoms with van der Waals surface area (Å²) < 4.78 is 28.4. The van der Waals surface area contributed by atoms with Gasteiger partial charge in [0.05, 0.1) is 12.3 Å². The molecular formula is C18H19NO4S2. The van der Waals surface area contributed by atoms with Gasteiger partial charge in [-0.15, -0.1) is 11.3 Å². The predicted molar refractivity (Wildman–Crippen MR) is 98.0 cm³/mol. The molecule has 1 aliphatic rings. The number of sulfone groups is 1. The molecule has 3 rings (SSSR count). The third-order valence-electron chi connectivity index (χ3n) is 3.77. The molecule has 2 aromatic rings. The Bertz CT molecular complexity index is 856. The van der Waals surface area contributed by atoms with Gasteiger partial charge in [-0.2, -0.15) is 0 Å². The Morgan fingerprint density at radius 2 is 2.08 bits per heavy atom. The average Bonchev–Trinajstić information content (AvgIpc) is 3.18. The number of para-hydroxylation sites is 1. The molecule has 0 saturated heterocycles. The van der Waals surface area contributed by atoms with Crippen LogP contribution >= 0.6 is 11.3 Å². The number of ether oxygens (including phenoxy) is 1. The zero-order valence-corrected chi connectivity index (χ0v) is 15.2.